The fraction of sp³-hybridized carbons (Fsp3) is 0.500. The molecule has 0 saturated carbocycles. The van der Waals surface area contributed by atoms with E-state index in [0.717, 1.165) is 5.56 Å². The third-order valence-electron chi connectivity index (χ3n) is 3.00. The summed E-state index contributed by atoms with van der Waals surface area (Å²) in [4.78, 5) is 13.8. The van der Waals surface area contributed by atoms with Gasteiger partial charge in [0.25, 0.3) is 0 Å². The van der Waals surface area contributed by atoms with Crippen molar-refractivity contribution < 1.29 is 4.79 Å². The van der Waals surface area contributed by atoms with Gasteiger partial charge in [0.05, 0.1) is 12.6 Å². The molecule has 0 aromatic heterocycles. The molecule has 0 aliphatic rings. The molecule has 0 aliphatic heterocycles. The molecule has 1 aromatic rings. The highest BCUT2D eigenvalue weighted by Gasteiger charge is 2.13. The minimum absolute atomic E-state index is 0.0266. The van der Waals surface area contributed by atoms with Crippen molar-refractivity contribution in [1.82, 2.24) is 10.2 Å². The zero-order chi connectivity index (χ0) is 13.7. The van der Waals surface area contributed by atoms with Crippen molar-refractivity contribution in [3.63, 3.8) is 0 Å². The van der Waals surface area contributed by atoms with E-state index < -0.39 is 0 Å². The molecule has 1 unspecified atom stereocenters. The van der Waals surface area contributed by atoms with Crippen LogP contribution >= 0.6 is 11.6 Å². The van der Waals surface area contributed by atoms with Gasteiger partial charge in [0.1, 0.15) is 0 Å². The van der Waals surface area contributed by atoms with Gasteiger partial charge >= 0.3 is 0 Å². The number of hydrogen-bond donors (Lipinski definition) is 1. The second-order valence-electron chi connectivity index (χ2n) is 4.85. The molecular weight excluding hydrogens is 248 g/mol. The van der Waals surface area contributed by atoms with Gasteiger partial charge in [0.2, 0.25) is 5.91 Å². The maximum Gasteiger partial charge on any atom is 0.234 e. The first-order valence-corrected chi connectivity index (χ1v) is 6.53. The number of nitrogens with one attached hydrogen (secondary N) is 1. The molecule has 1 rings (SSSR count). The summed E-state index contributed by atoms with van der Waals surface area (Å²) in [6.07, 6.45) is 0. The van der Waals surface area contributed by atoms with Gasteiger partial charge in [-0.15, -0.1) is 0 Å². The number of halogens is 1. The van der Waals surface area contributed by atoms with Gasteiger partial charge in [-0.3, -0.25) is 9.69 Å². The van der Waals surface area contributed by atoms with Crippen LogP contribution < -0.4 is 5.32 Å². The van der Waals surface area contributed by atoms with Crippen LogP contribution in [0.2, 0.25) is 5.02 Å². The second-order valence-corrected chi connectivity index (χ2v) is 5.29. The van der Waals surface area contributed by atoms with E-state index in [1.807, 2.05) is 43.1 Å². The molecule has 0 bridgehead atoms. The Bertz CT molecular complexity index is 407. The number of rotatable bonds is 5. The van der Waals surface area contributed by atoms with Crippen molar-refractivity contribution in [1.29, 1.82) is 0 Å². The first kappa shape index (κ1) is 15.0. The summed E-state index contributed by atoms with van der Waals surface area (Å²) in [5, 5.41) is 3.66. The fourth-order valence-corrected chi connectivity index (χ4v) is 1.75. The quantitative estimate of drug-likeness (QED) is 0.891. The highest BCUT2D eigenvalue weighted by molar-refractivity contribution is 6.30. The molecule has 0 aliphatic carbocycles. The lowest BCUT2D eigenvalue weighted by molar-refractivity contribution is -0.122. The first-order chi connectivity index (χ1) is 8.40. The van der Waals surface area contributed by atoms with Gasteiger partial charge < -0.3 is 5.32 Å². The zero-order valence-corrected chi connectivity index (χ0v) is 12.2. The number of nitrogens with zero attached hydrogens (tertiary/aromatic N) is 1. The molecule has 0 spiro atoms. The zero-order valence-electron chi connectivity index (χ0n) is 11.4. The number of carbonyl (C=O) groups excluding carboxylic acids is 1. The van der Waals surface area contributed by atoms with E-state index >= 15 is 0 Å². The molecule has 1 N–H and O–H groups in total. The Labute approximate surface area is 114 Å². The summed E-state index contributed by atoms with van der Waals surface area (Å²) >= 11 is 5.93. The van der Waals surface area contributed by atoms with E-state index in [2.05, 4.69) is 19.2 Å². The van der Waals surface area contributed by atoms with Crippen LogP contribution in [0, 0.1) is 0 Å². The molecule has 1 aromatic carbocycles. The predicted molar refractivity (Wildman–Crippen MR) is 75.8 cm³/mol. The molecule has 1 amide bonds. The maximum atomic E-state index is 11.8. The molecule has 3 nitrogen and oxygen atoms in total. The molecule has 0 radical (unpaired) electrons. The number of likely N-dealkylation sites (N-methyl/N-ethyl adjacent to an activating group) is 1. The van der Waals surface area contributed by atoms with Crippen LogP contribution in [0.5, 0.6) is 0 Å². The van der Waals surface area contributed by atoms with Gasteiger partial charge in [-0.1, -0.05) is 23.7 Å². The summed E-state index contributed by atoms with van der Waals surface area (Å²) in [7, 11) is 1.94. The van der Waals surface area contributed by atoms with Crippen LogP contribution in [0.15, 0.2) is 24.3 Å². The van der Waals surface area contributed by atoms with Crippen LogP contribution in [0.1, 0.15) is 32.4 Å². The monoisotopic (exact) mass is 268 g/mol. The Morgan fingerprint density at radius 2 is 2.06 bits per heavy atom. The lowest BCUT2D eigenvalue weighted by Crippen LogP contribution is -2.39. The Hall–Kier alpha value is -1.06. The topological polar surface area (TPSA) is 32.3 Å². The van der Waals surface area contributed by atoms with Crippen LogP contribution in [-0.2, 0) is 4.79 Å². The van der Waals surface area contributed by atoms with Crippen molar-refractivity contribution >= 4 is 17.5 Å². The minimum atomic E-state index is -0.0308. The maximum absolute atomic E-state index is 11.8. The van der Waals surface area contributed by atoms with E-state index in [1.54, 1.807) is 0 Å². The number of hydrogen-bond acceptors (Lipinski definition) is 2. The van der Waals surface area contributed by atoms with Gasteiger partial charge in [0.15, 0.2) is 0 Å². The number of benzene rings is 1. The average molecular weight is 269 g/mol. The second kappa shape index (κ2) is 6.76. The largest absolute Gasteiger partial charge is 0.348 e. The molecule has 1 atom stereocenters. The third kappa shape index (κ3) is 4.67. The van der Waals surface area contributed by atoms with E-state index in [9.17, 15) is 4.79 Å². The molecule has 4 heteroatoms. The van der Waals surface area contributed by atoms with Crippen LogP contribution in [0.25, 0.3) is 0 Å². The van der Waals surface area contributed by atoms with Crippen molar-refractivity contribution in [2.45, 2.75) is 32.9 Å². The van der Waals surface area contributed by atoms with Gasteiger partial charge in [-0.25, -0.2) is 0 Å². The van der Waals surface area contributed by atoms with Crippen molar-refractivity contribution in [3.8, 4) is 0 Å². The molecular formula is C14H21ClN2O. The third-order valence-corrected chi connectivity index (χ3v) is 3.24. The summed E-state index contributed by atoms with van der Waals surface area (Å²) in [6, 6.07) is 7.88. The van der Waals surface area contributed by atoms with Crippen molar-refractivity contribution in [2.75, 3.05) is 13.6 Å². The Morgan fingerprint density at radius 3 is 2.61 bits per heavy atom. The Morgan fingerprint density at radius 1 is 1.39 bits per heavy atom. The summed E-state index contributed by atoms with van der Waals surface area (Å²) in [5.74, 6) is 0.0266. The van der Waals surface area contributed by atoms with E-state index in [1.165, 1.54) is 0 Å². The minimum Gasteiger partial charge on any atom is -0.348 e. The fourth-order valence-electron chi connectivity index (χ4n) is 1.56. The van der Waals surface area contributed by atoms with Crippen LogP contribution in [0.3, 0.4) is 0 Å². The molecule has 18 heavy (non-hydrogen) atoms. The molecule has 0 fully saturated rings. The van der Waals surface area contributed by atoms with E-state index in [4.69, 9.17) is 11.6 Å². The number of amides is 1. The van der Waals surface area contributed by atoms with Gasteiger partial charge in [-0.05, 0) is 45.5 Å². The van der Waals surface area contributed by atoms with Gasteiger partial charge in [-0.2, -0.15) is 0 Å². The summed E-state index contributed by atoms with van der Waals surface area (Å²) in [5.41, 5.74) is 1.02. The van der Waals surface area contributed by atoms with Crippen LogP contribution in [-0.4, -0.2) is 30.4 Å². The summed E-state index contributed by atoms with van der Waals surface area (Å²) < 4.78 is 0. The van der Waals surface area contributed by atoms with Crippen molar-refractivity contribution in [3.05, 3.63) is 34.9 Å². The smallest absolute Gasteiger partial charge is 0.234 e. The van der Waals surface area contributed by atoms with Crippen molar-refractivity contribution in [2.24, 2.45) is 0 Å². The highest BCUT2D eigenvalue weighted by atomic mass is 35.5. The van der Waals surface area contributed by atoms with E-state index in [-0.39, 0.29) is 11.9 Å². The molecule has 100 valence electrons. The average Bonchev–Trinajstić information content (AvgIpc) is 2.28. The Balaban J connectivity index is 2.54. The first-order valence-electron chi connectivity index (χ1n) is 6.15. The molecule has 0 heterocycles. The number of carbonyl (C=O) groups is 1. The van der Waals surface area contributed by atoms with Gasteiger partial charge in [0, 0.05) is 11.1 Å². The SMILES string of the molecule is CC(NC(=O)CN(C)C(C)C)c1cccc(Cl)c1. The molecule has 0 saturated heterocycles. The highest BCUT2D eigenvalue weighted by Crippen LogP contribution is 2.17. The lowest BCUT2D eigenvalue weighted by atomic mass is 10.1. The standard InChI is InChI=1S/C14H21ClN2O/c1-10(2)17(4)9-14(18)16-11(3)12-6-5-7-13(15)8-12/h5-8,10-11H,9H2,1-4H3,(H,16,18). The normalized spacial score (nSPS) is 12.8. The Kier molecular flexibility index (Phi) is 5.63. The lowest BCUT2D eigenvalue weighted by Gasteiger charge is -2.22. The van der Waals surface area contributed by atoms with E-state index in [0.29, 0.717) is 17.6 Å². The predicted octanol–water partition coefficient (Wildman–Crippen LogP) is 2.86. The summed E-state index contributed by atoms with van der Waals surface area (Å²) in [6.45, 7) is 6.49. The van der Waals surface area contributed by atoms with Crippen LogP contribution in [0.4, 0.5) is 0 Å².